The third-order valence-electron chi connectivity index (χ3n) is 15.5. The zero-order chi connectivity index (χ0) is 39.6. The summed E-state index contributed by atoms with van der Waals surface area (Å²) >= 11 is 0. The molecule has 56 heavy (non-hydrogen) atoms. The van der Waals surface area contributed by atoms with Gasteiger partial charge in [0.1, 0.15) is 0 Å². The van der Waals surface area contributed by atoms with E-state index in [1.165, 1.54) is 60.5 Å². The number of benzene rings is 2. The van der Waals surface area contributed by atoms with Gasteiger partial charge in [-0.3, -0.25) is 33.8 Å². The number of imide groups is 2. The quantitative estimate of drug-likeness (QED) is 0.205. The molecule has 2 heterocycles. The first-order chi connectivity index (χ1) is 26.8. The highest BCUT2D eigenvalue weighted by Crippen LogP contribution is 2.43. The predicted molar refractivity (Wildman–Crippen MR) is 216 cm³/mol. The molecular formula is C47H62N4O5. The molecule has 9 nitrogen and oxygen atoms in total. The van der Waals surface area contributed by atoms with E-state index in [0.29, 0.717) is 58.7 Å². The summed E-state index contributed by atoms with van der Waals surface area (Å²) in [5, 5.41) is 0. The first kappa shape index (κ1) is 39.2. The Balaban J connectivity index is 0.907. The zero-order valence-electron chi connectivity index (χ0n) is 33.9. The van der Waals surface area contributed by atoms with Gasteiger partial charge in [0.25, 0.3) is 23.6 Å². The van der Waals surface area contributed by atoms with Gasteiger partial charge in [0.2, 0.25) is 0 Å². The zero-order valence-corrected chi connectivity index (χ0v) is 33.9. The Morgan fingerprint density at radius 2 is 0.839 bits per heavy atom. The largest absolute Gasteiger partial charge is 0.327 e. The van der Waals surface area contributed by atoms with Crippen molar-refractivity contribution in [3.63, 3.8) is 0 Å². The normalized spacial score (nSPS) is 36.2. The van der Waals surface area contributed by atoms with Crippen LogP contribution in [0.4, 0.5) is 0 Å². The van der Waals surface area contributed by atoms with Crippen LogP contribution in [0.5, 0.6) is 0 Å². The fourth-order valence-electron chi connectivity index (χ4n) is 12.2. The summed E-state index contributed by atoms with van der Waals surface area (Å²) in [7, 11) is 0. The van der Waals surface area contributed by atoms with Crippen LogP contribution in [0.3, 0.4) is 0 Å². The van der Waals surface area contributed by atoms with Crippen molar-refractivity contribution in [2.45, 2.75) is 142 Å². The Labute approximate surface area is 332 Å². The minimum absolute atomic E-state index is 0.169. The van der Waals surface area contributed by atoms with E-state index in [9.17, 15) is 24.0 Å². The molecule has 6 aliphatic rings. The first-order valence-corrected chi connectivity index (χ1v) is 21.9. The first-order valence-electron chi connectivity index (χ1n) is 21.9. The standard InChI is InChI=1S/C47H62N4O5/c1-25-17-29(5-13-39(25)48)21-31-7-15-41(27(3)19-31)50-44(53)35-11-9-33(23-37(35)46(50)55)43(52)34-10-12-36-38(24-34)47(56)51(45(36)54)42-16-8-32(20-28(42)4)22-30-6-14-40(49)26(2)18-30/h9-12,23-32,39-42H,5-8,13-22,48-49H2,1-4H3. The highest BCUT2D eigenvalue weighted by Gasteiger charge is 2.46. The third-order valence-corrected chi connectivity index (χ3v) is 15.5. The van der Waals surface area contributed by atoms with Crippen LogP contribution in [0.25, 0.3) is 0 Å². The van der Waals surface area contributed by atoms with Gasteiger partial charge in [-0.15, -0.1) is 0 Å². The lowest BCUT2D eigenvalue weighted by atomic mass is 9.70. The molecule has 4 N–H and O–H groups in total. The van der Waals surface area contributed by atoms with E-state index in [1.807, 2.05) is 0 Å². The Morgan fingerprint density at radius 3 is 1.20 bits per heavy atom. The third kappa shape index (κ3) is 7.20. The molecular weight excluding hydrogens is 701 g/mol. The van der Waals surface area contributed by atoms with Gasteiger partial charge in [-0.1, -0.05) is 39.8 Å². The molecule has 0 radical (unpaired) electrons. The molecule has 300 valence electrons. The highest BCUT2D eigenvalue weighted by molar-refractivity contribution is 6.24. The number of rotatable bonds is 8. The second kappa shape index (κ2) is 15.6. The van der Waals surface area contributed by atoms with Crippen molar-refractivity contribution in [1.29, 1.82) is 0 Å². The molecule has 0 bridgehead atoms. The Morgan fingerprint density at radius 1 is 0.500 bits per heavy atom. The van der Waals surface area contributed by atoms with Crippen LogP contribution in [-0.2, 0) is 0 Å². The molecule has 0 aromatic heterocycles. The van der Waals surface area contributed by atoms with Crippen molar-refractivity contribution in [3.8, 4) is 0 Å². The SMILES string of the molecule is CC1CC(CC2CCC(N3C(=O)c4ccc(C(=O)c5ccc6c(c5)C(=O)N(C5CCC(CC7CCC(N)C(C)C7)CC5C)C6=O)cc4C3=O)C(C)C2)CCC1N. The molecule has 9 heteroatoms. The van der Waals surface area contributed by atoms with E-state index in [0.717, 1.165) is 51.4 Å². The Hall–Kier alpha value is -3.69. The molecule has 0 saturated heterocycles. The lowest BCUT2D eigenvalue weighted by Gasteiger charge is -2.40. The molecule has 4 aliphatic carbocycles. The molecule has 2 aromatic rings. The van der Waals surface area contributed by atoms with Crippen LogP contribution in [0, 0.1) is 47.3 Å². The van der Waals surface area contributed by atoms with E-state index in [2.05, 4.69) is 27.7 Å². The van der Waals surface area contributed by atoms with Crippen molar-refractivity contribution in [3.05, 3.63) is 69.8 Å². The summed E-state index contributed by atoms with van der Waals surface area (Å²) in [6.45, 7) is 8.86. The number of carbonyl (C=O) groups excluding carboxylic acids is 5. The van der Waals surface area contributed by atoms with Gasteiger partial charge in [-0.05, 0) is 162 Å². The van der Waals surface area contributed by atoms with E-state index in [1.54, 1.807) is 24.3 Å². The van der Waals surface area contributed by atoms with Gasteiger partial charge in [0, 0.05) is 35.3 Å². The van der Waals surface area contributed by atoms with Crippen molar-refractivity contribution in [2.75, 3.05) is 0 Å². The summed E-state index contributed by atoms with van der Waals surface area (Å²) in [6.07, 6.45) is 14.9. The van der Waals surface area contributed by atoms with Crippen LogP contribution < -0.4 is 11.5 Å². The maximum atomic E-state index is 13.9. The fourth-order valence-corrected chi connectivity index (χ4v) is 12.2. The number of nitrogens with two attached hydrogens (primary N) is 2. The maximum absolute atomic E-state index is 13.9. The van der Waals surface area contributed by atoms with Gasteiger partial charge in [-0.25, -0.2) is 0 Å². The van der Waals surface area contributed by atoms with Gasteiger partial charge in [0.05, 0.1) is 22.3 Å². The number of fused-ring (bicyclic) bond motifs is 2. The smallest absolute Gasteiger partial charge is 0.261 e. The lowest BCUT2D eigenvalue weighted by Crippen LogP contribution is -2.46. The minimum Gasteiger partial charge on any atom is -0.327 e. The summed E-state index contributed by atoms with van der Waals surface area (Å²) in [5.74, 6) is 2.48. The Kier molecular flexibility index (Phi) is 10.9. The number of nitrogens with zero attached hydrogens (tertiary/aromatic N) is 2. The predicted octanol–water partition coefficient (Wildman–Crippen LogP) is 8.03. The second-order valence-electron chi connectivity index (χ2n) is 19.4. The molecule has 12 unspecified atom stereocenters. The fraction of sp³-hybridized carbons (Fsp3) is 0.638. The average molecular weight is 763 g/mol. The van der Waals surface area contributed by atoms with Crippen molar-refractivity contribution in [2.24, 2.45) is 58.8 Å². The summed E-state index contributed by atoms with van der Waals surface area (Å²) in [4.78, 5) is 72.1. The molecule has 4 fully saturated rings. The number of hydrogen-bond donors (Lipinski definition) is 2. The van der Waals surface area contributed by atoms with Gasteiger partial charge in [0.15, 0.2) is 5.78 Å². The van der Waals surface area contributed by atoms with E-state index in [4.69, 9.17) is 11.5 Å². The van der Waals surface area contributed by atoms with Gasteiger partial charge >= 0.3 is 0 Å². The van der Waals surface area contributed by atoms with Crippen LogP contribution in [0.15, 0.2) is 36.4 Å². The van der Waals surface area contributed by atoms with Crippen LogP contribution in [-0.4, -0.2) is 63.4 Å². The Bertz CT molecular complexity index is 1770. The van der Waals surface area contributed by atoms with E-state index in [-0.39, 0.29) is 75.6 Å². The second-order valence-corrected chi connectivity index (χ2v) is 19.4. The van der Waals surface area contributed by atoms with Crippen molar-refractivity contribution in [1.82, 2.24) is 9.80 Å². The molecule has 2 aliphatic heterocycles. The summed E-state index contributed by atoms with van der Waals surface area (Å²) in [6, 6.07) is 9.75. The van der Waals surface area contributed by atoms with Crippen molar-refractivity contribution < 1.29 is 24.0 Å². The average Bonchev–Trinajstić information content (AvgIpc) is 3.57. The molecule has 0 spiro atoms. The highest BCUT2D eigenvalue weighted by atomic mass is 16.2. The molecule has 2 aromatic carbocycles. The maximum Gasteiger partial charge on any atom is 0.261 e. The number of hydrogen-bond acceptors (Lipinski definition) is 7. The molecule has 12 atom stereocenters. The van der Waals surface area contributed by atoms with Crippen LogP contribution >= 0.6 is 0 Å². The topological polar surface area (TPSA) is 144 Å². The van der Waals surface area contributed by atoms with E-state index >= 15 is 0 Å². The van der Waals surface area contributed by atoms with E-state index < -0.39 is 0 Å². The number of carbonyl (C=O) groups is 5. The number of amides is 4. The van der Waals surface area contributed by atoms with Gasteiger partial charge in [-0.2, -0.15) is 0 Å². The van der Waals surface area contributed by atoms with Crippen LogP contribution in [0.1, 0.15) is 175 Å². The summed E-state index contributed by atoms with van der Waals surface area (Å²) in [5.41, 5.74) is 14.3. The summed E-state index contributed by atoms with van der Waals surface area (Å²) < 4.78 is 0. The molecule has 4 amide bonds. The minimum atomic E-state index is -0.355. The number of ketones is 1. The van der Waals surface area contributed by atoms with Crippen LogP contribution in [0.2, 0.25) is 0 Å². The lowest BCUT2D eigenvalue weighted by molar-refractivity contribution is 0.0417. The monoisotopic (exact) mass is 762 g/mol. The van der Waals surface area contributed by atoms with Crippen molar-refractivity contribution >= 4 is 29.4 Å². The molecule has 8 rings (SSSR count). The van der Waals surface area contributed by atoms with Gasteiger partial charge < -0.3 is 11.5 Å². The molecule has 4 saturated carbocycles.